The fraction of sp³-hybridized carbons (Fsp3) is 0.0769. The van der Waals surface area contributed by atoms with Crippen molar-refractivity contribution in [3.8, 4) is 44.8 Å². The highest BCUT2D eigenvalue weighted by Crippen LogP contribution is 2.44. The number of hydrogen-bond donors (Lipinski definition) is 0. The highest BCUT2D eigenvalue weighted by atomic mass is 15.1. The highest BCUT2D eigenvalue weighted by Gasteiger charge is 2.23. The third kappa shape index (κ3) is 5.40. The third-order valence-corrected chi connectivity index (χ3v) is 11.1. The van der Waals surface area contributed by atoms with Crippen LogP contribution in [0.5, 0.6) is 0 Å². The predicted octanol–water partition coefficient (Wildman–Crippen LogP) is 14.1. The van der Waals surface area contributed by atoms with Gasteiger partial charge in [0.25, 0.3) is 0 Å². The molecule has 4 heteroatoms. The molecular weight excluding hydrogens is 681 g/mol. The molecule has 0 fully saturated rings. The van der Waals surface area contributed by atoms with Crippen LogP contribution >= 0.6 is 0 Å². The zero-order valence-corrected chi connectivity index (χ0v) is 31.8. The van der Waals surface area contributed by atoms with Gasteiger partial charge in [-0.3, -0.25) is 4.98 Å². The van der Waals surface area contributed by atoms with Crippen LogP contribution in [0, 0.1) is 34.3 Å². The van der Waals surface area contributed by atoms with Crippen molar-refractivity contribution < 1.29 is 0 Å². The lowest BCUT2D eigenvalue weighted by molar-refractivity contribution is 1.10. The second-order valence-electron chi connectivity index (χ2n) is 15.1. The van der Waals surface area contributed by atoms with Crippen LogP contribution in [0.1, 0.15) is 22.3 Å². The number of pyridine rings is 1. The van der Waals surface area contributed by atoms with Crippen LogP contribution in [0.15, 0.2) is 158 Å². The Morgan fingerprint density at radius 1 is 0.411 bits per heavy atom. The molecule has 3 aromatic heterocycles. The second-order valence-corrected chi connectivity index (χ2v) is 15.1. The maximum atomic E-state index is 8.53. The monoisotopic (exact) mass is 718 g/mol. The van der Waals surface area contributed by atoms with Crippen LogP contribution < -0.4 is 0 Å². The standard InChI is InChI=1S/C52H38N4/c1-32-22-33(2)25-39(24-32)37-14-16-43-41-10-6-8-12-47(41)55(49(43)28-37)51-30-45(36-18-20-54-21-19-36)46(53-5)31-52(51)56-48-13-9-7-11-42(48)44-17-15-38(29-50(44)56)40-26-34(3)23-35(4)27-40/h6-31H,1-4H3. The molecule has 0 saturated carbocycles. The van der Waals surface area contributed by atoms with E-state index in [0.29, 0.717) is 5.69 Å². The summed E-state index contributed by atoms with van der Waals surface area (Å²) in [5.41, 5.74) is 18.4. The van der Waals surface area contributed by atoms with Gasteiger partial charge in [-0.25, -0.2) is 4.85 Å². The number of fused-ring (bicyclic) bond motifs is 6. The van der Waals surface area contributed by atoms with Crippen molar-refractivity contribution in [3.05, 3.63) is 192 Å². The van der Waals surface area contributed by atoms with Crippen LogP contribution in [0.2, 0.25) is 0 Å². The maximum Gasteiger partial charge on any atom is 0.197 e. The molecule has 0 atom stereocenters. The molecule has 0 N–H and O–H groups in total. The molecule has 10 rings (SSSR count). The van der Waals surface area contributed by atoms with Crippen molar-refractivity contribution in [2.75, 3.05) is 0 Å². The van der Waals surface area contributed by atoms with Crippen LogP contribution in [0.3, 0.4) is 0 Å². The topological polar surface area (TPSA) is 27.1 Å². The van der Waals surface area contributed by atoms with Gasteiger partial charge in [-0.2, -0.15) is 0 Å². The summed E-state index contributed by atoms with van der Waals surface area (Å²) in [4.78, 5) is 8.50. The first kappa shape index (κ1) is 33.4. The van der Waals surface area contributed by atoms with Crippen LogP contribution in [-0.2, 0) is 0 Å². The molecule has 0 radical (unpaired) electrons. The lowest BCUT2D eigenvalue weighted by atomic mass is 9.99. The first-order valence-electron chi connectivity index (χ1n) is 19.0. The van der Waals surface area contributed by atoms with Crippen molar-refractivity contribution >= 4 is 49.3 Å². The van der Waals surface area contributed by atoms with E-state index < -0.39 is 0 Å². The van der Waals surface area contributed by atoms with Gasteiger partial charge in [-0.05, 0) is 110 Å². The molecule has 56 heavy (non-hydrogen) atoms. The molecule has 7 aromatic carbocycles. The lowest BCUT2D eigenvalue weighted by Crippen LogP contribution is -2.04. The largest absolute Gasteiger partial charge is 0.308 e. The van der Waals surface area contributed by atoms with Gasteiger partial charge in [-0.15, -0.1) is 0 Å². The van der Waals surface area contributed by atoms with Crippen LogP contribution in [-0.4, -0.2) is 14.1 Å². The van der Waals surface area contributed by atoms with Crippen LogP contribution in [0.4, 0.5) is 5.69 Å². The number of benzene rings is 7. The summed E-state index contributed by atoms with van der Waals surface area (Å²) in [6.45, 7) is 17.2. The van der Waals surface area contributed by atoms with E-state index in [-0.39, 0.29) is 0 Å². The normalized spacial score (nSPS) is 11.6. The van der Waals surface area contributed by atoms with E-state index in [9.17, 15) is 0 Å². The Balaban J connectivity index is 1.35. The Morgan fingerprint density at radius 3 is 1.34 bits per heavy atom. The van der Waals surface area contributed by atoms with Crippen molar-refractivity contribution in [1.82, 2.24) is 14.1 Å². The average molecular weight is 719 g/mol. The molecule has 0 aliphatic carbocycles. The number of para-hydroxylation sites is 2. The third-order valence-electron chi connectivity index (χ3n) is 11.1. The van der Waals surface area contributed by atoms with Crippen molar-refractivity contribution in [2.45, 2.75) is 27.7 Å². The van der Waals surface area contributed by atoms with E-state index in [1.54, 1.807) is 12.4 Å². The Bertz CT molecular complexity index is 3200. The molecule has 0 aliphatic rings. The fourth-order valence-electron chi connectivity index (χ4n) is 8.88. The summed E-state index contributed by atoms with van der Waals surface area (Å²) in [5.74, 6) is 0. The lowest BCUT2D eigenvalue weighted by Gasteiger charge is -2.20. The van der Waals surface area contributed by atoms with Crippen molar-refractivity contribution in [2.24, 2.45) is 0 Å². The van der Waals surface area contributed by atoms with Gasteiger partial charge < -0.3 is 9.13 Å². The SMILES string of the molecule is [C-]#[N+]c1cc(-n2c3ccccc3c3ccc(-c4cc(C)cc(C)c4)cc32)c(-n2c3ccccc3c3ccc(-c4cc(C)cc(C)c4)cc32)cc1-c1ccncc1. The summed E-state index contributed by atoms with van der Waals surface area (Å²) in [6.07, 6.45) is 3.60. The molecule has 10 aromatic rings. The number of aromatic nitrogens is 3. The molecule has 0 saturated heterocycles. The number of hydrogen-bond acceptors (Lipinski definition) is 1. The molecular formula is C52H38N4. The fourth-order valence-corrected chi connectivity index (χ4v) is 8.88. The van der Waals surface area contributed by atoms with Gasteiger partial charge in [-0.1, -0.05) is 119 Å². The summed E-state index contributed by atoms with van der Waals surface area (Å²) < 4.78 is 4.80. The first-order valence-corrected chi connectivity index (χ1v) is 19.0. The van der Waals surface area contributed by atoms with E-state index >= 15 is 0 Å². The zero-order chi connectivity index (χ0) is 38.1. The van der Waals surface area contributed by atoms with E-state index in [0.717, 1.165) is 55.7 Å². The van der Waals surface area contributed by atoms with Crippen LogP contribution in [0.25, 0.3) is 93.2 Å². The van der Waals surface area contributed by atoms with Gasteiger partial charge >= 0.3 is 0 Å². The molecule has 0 unspecified atom stereocenters. The molecule has 0 aliphatic heterocycles. The average Bonchev–Trinajstić information content (AvgIpc) is 3.72. The summed E-state index contributed by atoms with van der Waals surface area (Å²) in [5, 5.41) is 4.70. The Kier molecular flexibility index (Phi) is 7.73. The van der Waals surface area contributed by atoms with Gasteiger partial charge in [0.15, 0.2) is 5.69 Å². The van der Waals surface area contributed by atoms with E-state index in [1.807, 2.05) is 12.1 Å². The van der Waals surface area contributed by atoms with E-state index in [2.05, 4.69) is 180 Å². The summed E-state index contributed by atoms with van der Waals surface area (Å²) >= 11 is 0. The zero-order valence-electron chi connectivity index (χ0n) is 31.8. The number of rotatable bonds is 5. The minimum atomic E-state index is 0.586. The molecule has 4 nitrogen and oxygen atoms in total. The molecule has 0 amide bonds. The maximum absolute atomic E-state index is 8.53. The molecule has 3 heterocycles. The second kappa shape index (κ2) is 13.0. The summed E-state index contributed by atoms with van der Waals surface area (Å²) in [6, 6.07) is 52.8. The Morgan fingerprint density at radius 2 is 0.857 bits per heavy atom. The smallest absolute Gasteiger partial charge is 0.197 e. The van der Waals surface area contributed by atoms with Crippen molar-refractivity contribution in [1.29, 1.82) is 0 Å². The van der Waals surface area contributed by atoms with Gasteiger partial charge in [0.2, 0.25) is 0 Å². The minimum absolute atomic E-state index is 0.586. The first-order chi connectivity index (χ1) is 27.3. The van der Waals surface area contributed by atoms with E-state index in [1.165, 1.54) is 54.9 Å². The number of aryl methyl sites for hydroxylation is 4. The van der Waals surface area contributed by atoms with Gasteiger partial charge in [0.05, 0.1) is 40.0 Å². The Labute approximate surface area is 326 Å². The van der Waals surface area contributed by atoms with E-state index in [4.69, 9.17) is 6.57 Å². The molecule has 0 bridgehead atoms. The quantitative estimate of drug-likeness (QED) is 0.163. The van der Waals surface area contributed by atoms with Gasteiger partial charge in [0, 0.05) is 33.9 Å². The molecule has 266 valence electrons. The summed E-state index contributed by atoms with van der Waals surface area (Å²) in [7, 11) is 0. The van der Waals surface area contributed by atoms with Crippen molar-refractivity contribution in [3.63, 3.8) is 0 Å². The van der Waals surface area contributed by atoms with Gasteiger partial charge in [0.1, 0.15) is 0 Å². The minimum Gasteiger partial charge on any atom is -0.308 e. The molecule has 0 spiro atoms. The number of nitrogens with zero attached hydrogens (tertiary/aromatic N) is 4. The Hall–Kier alpha value is -7.22. The predicted molar refractivity (Wildman–Crippen MR) is 234 cm³/mol. The highest BCUT2D eigenvalue weighted by molar-refractivity contribution is 6.13.